The van der Waals surface area contributed by atoms with E-state index in [0.29, 0.717) is 34.4 Å². The average molecular weight is 554 g/mol. The summed E-state index contributed by atoms with van der Waals surface area (Å²) in [6.45, 7) is 3.66. The SMILES string of the molecule is CCc1ccc(N2C(=O)C3CC=C4C(c5cc(OC)c(O)c(OC)c5)C5=C(CC4C3C2=O)C(=O)C(C)=CC5=O)cc1. The number of carbonyl (C=O) groups excluding carboxylic acids is 4. The minimum atomic E-state index is -0.672. The molecule has 41 heavy (non-hydrogen) atoms. The first kappa shape index (κ1) is 26.7. The van der Waals surface area contributed by atoms with E-state index >= 15 is 0 Å². The van der Waals surface area contributed by atoms with Crippen LogP contribution in [0, 0.1) is 17.8 Å². The van der Waals surface area contributed by atoms with Crippen LogP contribution in [-0.4, -0.2) is 42.7 Å². The number of phenolic OH excluding ortho intramolecular Hbond substituents is 1. The van der Waals surface area contributed by atoms with Crippen molar-refractivity contribution in [2.24, 2.45) is 17.8 Å². The van der Waals surface area contributed by atoms with E-state index in [9.17, 15) is 24.3 Å². The zero-order chi connectivity index (χ0) is 29.2. The van der Waals surface area contributed by atoms with Gasteiger partial charge in [-0.15, -0.1) is 0 Å². The fourth-order valence-corrected chi connectivity index (χ4v) is 6.98. The summed E-state index contributed by atoms with van der Waals surface area (Å²) in [4.78, 5) is 56.0. The Hall–Kier alpha value is -4.46. The molecule has 2 amide bonds. The molecule has 4 aliphatic rings. The standard InChI is InChI=1S/C33H31NO7/c1-5-17-6-8-19(9-7-17)34-32(38)21-11-10-20-22(28(21)33(34)39)15-23-29(24(35)12-16(2)30(23)36)27(20)18-13-25(40-3)31(37)26(14-18)41-4/h6-10,12-14,21-22,27-28,37H,5,11,15H2,1-4H3. The predicted molar refractivity (Wildman–Crippen MR) is 151 cm³/mol. The van der Waals surface area contributed by atoms with Gasteiger partial charge in [-0.2, -0.15) is 0 Å². The third kappa shape index (κ3) is 3.96. The Morgan fingerprint density at radius 1 is 0.951 bits per heavy atom. The number of rotatable bonds is 5. The number of imide groups is 1. The van der Waals surface area contributed by atoms with Crippen molar-refractivity contribution in [2.75, 3.05) is 19.1 Å². The second-order valence-electron chi connectivity index (χ2n) is 11.0. The molecule has 0 bridgehead atoms. The van der Waals surface area contributed by atoms with Crippen LogP contribution in [0.1, 0.15) is 43.7 Å². The van der Waals surface area contributed by atoms with Crippen molar-refractivity contribution in [1.29, 1.82) is 0 Å². The van der Waals surface area contributed by atoms with Crippen molar-refractivity contribution in [3.05, 3.63) is 82.0 Å². The number of phenols is 1. The van der Waals surface area contributed by atoms with E-state index in [1.165, 1.54) is 25.2 Å². The van der Waals surface area contributed by atoms with Crippen molar-refractivity contribution in [2.45, 2.75) is 39.0 Å². The van der Waals surface area contributed by atoms with E-state index in [0.717, 1.165) is 17.6 Å². The molecule has 0 aromatic heterocycles. The van der Waals surface area contributed by atoms with Crippen molar-refractivity contribution < 1.29 is 33.8 Å². The molecule has 4 unspecified atom stereocenters. The molecule has 2 aromatic carbocycles. The highest BCUT2D eigenvalue weighted by Gasteiger charge is 2.56. The van der Waals surface area contributed by atoms with Gasteiger partial charge in [0.25, 0.3) is 0 Å². The molecule has 6 rings (SSSR count). The van der Waals surface area contributed by atoms with Crippen LogP contribution in [0.5, 0.6) is 17.2 Å². The number of ketones is 2. The molecule has 3 aliphatic carbocycles. The Morgan fingerprint density at radius 3 is 2.22 bits per heavy atom. The number of fused-ring (bicyclic) bond motifs is 3. The van der Waals surface area contributed by atoms with Gasteiger partial charge in [0.1, 0.15) is 0 Å². The van der Waals surface area contributed by atoms with Crippen LogP contribution in [0.25, 0.3) is 0 Å². The number of benzene rings is 2. The van der Waals surface area contributed by atoms with Crippen molar-refractivity contribution in [3.8, 4) is 17.2 Å². The number of hydrogen-bond acceptors (Lipinski definition) is 7. The largest absolute Gasteiger partial charge is 0.502 e. The quantitative estimate of drug-likeness (QED) is 0.327. The summed E-state index contributed by atoms with van der Waals surface area (Å²) in [5.74, 6) is -3.23. The van der Waals surface area contributed by atoms with Gasteiger partial charge in [0, 0.05) is 22.6 Å². The zero-order valence-electron chi connectivity index (χ0n) is 23.4. The molecule has 1 N–H and O–H groups in total. The molecule has 0 saturated carbocycles. The van der Waals surface area contributed by atoms with E-state index < -0.39 is 23.7 Å². The summed E-state index contributed by atoms with van der Waals surface area (Å²) >= 11 is 0. The number of methoxy groups -OCH3 is 2. The van der Waals surface area contributed by atoms with Gasteiger partial charge < -0.3 is 14.6 Å². The van der Waals surface area contributed by atoms with Crippen molar-refractivity contribution in [1.82, 2.24) is 0 Å². The number of aryl methyl sites for hydroxylation is 1. The maximum Gasteiger partial charge on any atom is 0.238 e. The first-order chi connectivity index (χ1) is 19.7. The fraction of sp³-hybridized carbons (Fsp3) is 0.333. The lowest BCUT2D eigenvalue weighted by Crippen LogP contribution is -2.39. The van der Waals surface area contributed by atoms with Crippen LogP contribution in [0.15, 0.2) is 70.8 Å². The van der Waals surface area contributed by atoms with Gasteiger partial charge in [-0.25, -0.2) is 0 Å². The monoisotopic (exact) mass is 553 g/mol. The van der Waals surface area contributed by atoms with Gasteiger partial charge >= 0.3 is 0 Å². The van der Waals surface area contributed by atoms with Crippen LogP contribution in [-0.2, 0) is 25.6 Å². The highest BCUT2D eigenvalue weighted by atomic mass is 16.5. The fourth-order valence-electron chi connectivity index (χ4n) is 6.98. The maximum atomic E-state index is 14.0. The zero-order valence-corrected chi connectivity index (χ0v) is 23.4. The number of allylic oxidation sites excluding steroid dienone is 6. The molecular weight excluding hydrogens is 522 g/mol. The number of ether oxygens (including phenoxy) is 2. The predicted octanol–water partition coefficient (Wildman–Crippen LogP) is 4.61. The molecule has 1 fully saturated rings. The van der Waals surface area contributed by atoms with E-state index in [1.807, 2.05) is 25.1 Å². The third-order valence-corrected chi connectivity index (χ3v) is 9.00. The first-order valence-electron chi connectivity index (χ1n) is 13.8. The Kier molecular flexibility index (Phi) is 6.44. The van der Waals surface area contributed by atoms with Crippen molar-refractivity contribution >= 4 is 29.1 Å². The van der Waals surface area contributed by atoms with Gasteiger partial charge in [0.2, 0.25) is 17.6 Å². The Bertz CT molecular complexity index is 1590. The molecule has 210 valence electrons. The van der Waals surface area contributed by atoms with Gasteiger partial charge in [-0.1, -0.05) is 30.7 Å². The second kappa shape index (κ2) is 9.87. The maximum absolute atomic E-state index is 14.0. The molecular formula is C33H31NO7. The molecule has 8 nitrogen and oxygen atoms in total. The van der Waals surface area contributed by atoms with Crippen LogP contribution in [0.2, 0.25) is 0 Å². The summed E-state index contributed by atoms with van der Waals surface area (Å²) in [6, 6.07) is 10.7. The first-order valence-corrected chi connectivity index (χ1v) is 13.8. The number of carbonyl (C=O) groups is 4. The molecule has 1 heterocycles. The van der Waals surface area contributed by atoms with Crippen molar-refractivity contribution in [3.63, 3.8) is 0 Å². The van der Waals surface area contributed by atoms with E-state index in [4.69, 9.17) is 9.47 Å². The lowest BCUT2D eigenvalue weighted by atomic mass is 9.59. The van der Waals surface area contributed by atoms with E-state index in [2.05, 4.69) is 0 Å². The molecule has 0 spiro atoms. The Labute approximate surface area is 237 Å². The lowest BCUT2D eigenvalue weighted by molar-refractivity contribution is -0.123. The number of nitrogens with zero attached hydrogens (tertiary/aromatic N) is 1. The summed E-state index contributed by atoms with van der Waals surface area (Å²) in [5, 5.41) is 10.6. The molecule has 2 aromatic rings. The second-order valence-corrected chi connectivity index (χ2v) is 11.0. The minimum absolute atomic E-state index is 0.160. The summed E-state index contributed by atoms with van der Waals surface area (Å²) in [5.41, 5.74) is 4.14. The van der Waals surface area contributed by atoms with Gasteiger partial charge in [0.05, 0.1) is 31.7 Å². The highest BCUT2D eigenvalue weighted by molar-refractivity contribution is 6.25. The molecule has 4 atom stereocenters. The molecule has 8 heteroatoms. The number of hydrogen-bond donors (Lipinski definition) is 1. The van der Waals surface area contributed by atoms with Crippen LogP contribution in [0.4, 0.5) is 5.69 Å². The van der Waals surface area contributed by atoms with Gasteiger partial charge in [0.15, 0.2) is 23.1 Å². The smallest absolute Gasteiger partial charge is 0.238 e. The van der Waals surface area contributed by atoms with Gasteiger partial charge in [-0.05, 0) is 73.6 Å². The number of aromatic hydroxyl groups is 1. The van der Waals surface area contributed by atoms with Gasteiger partial charge in [-0.3, -0.25) is 24.1 Å². The van der Waals surface area contributed by atoms with E-state index in [1.54, 1.807) is 31.2 Å². The minimum Gasteiger partial charge on any atom is -0.502 e. The Morgan fingerprint density at radius 2 is 1.61 bits per heavy atom. The third-order valence-electron chi connectivity index (χ3n) is 9.00. The number of anilines is 1. The molecule has 1 aliphatic heterocycles. The highest BCUT2D eigenvalue weighted by Crippen LogP contribution is 2.56. The molecule has 1 saturated heterocycles. The topological polar surface area (TPSA) is 110 Å². The summed E-state index contributed by atoms with van der Waals surface area (Å²) in [6.07, 6.45) is 4.70. The number of Topliss-reactive ketones (excluding diaryl/α,β-unsaturated/α-hetero) is 1. The summed E-state index contributed by atoms with van der Waals surface area (Å²) in [7, 11) is 2.84. The van der Waals surface area contributed by atoms with E-state index in [-0.39, 0.29) is 47.1 Å². The van der Waals surface area contributed by atoms with Crippen LogP contribution >= 0.6 is 0 Å². The van der Waals surface area contributed by atoms with Crippen LogP contribution < -0.4 is 14.4 Å². The average Bonchev–Trinajstić information content (AvgIpc) is 3.24. The van der Waals surface area contributed by atoms with Crippen LogP contribution in [0.3, 0.4) is 0 Å². The summed E-state index contributed by atoms with van der Waals surface area (Å²) < 4.78 is 10.8. The Balaban J connectivity index is 1.49. The molecule has 0 radical (unpaired) electrons. The number of amides is 2. The normalized spacial score (nSPS) is 25.4. The lowest BCUT2D eigenvalue weighted by Gasteiger charge is -2.42.